The highest BCUT2D eigenvalue weighted by molar-refractivity contribution is 7.90. The highest BCUT2D eigenvalue weighted by Gasteiger charge is 2.18. The van der Waals surface area contributed by atoms with E-state index in [1.54, 1.807) is 6.92 Å². The summed E-state index contributed by atoms with van der Waals surface area (Å²) in [6.07, 6.45) is 1.50. The van der Waals surface area contributed by atoms with Gasteiger partial charge in [-0.3, -0.25) is 4.79 Å². The van der Waals surface area contributed by atoms with Gasteiger partial charge >= 0.3 is 5.97 Å². The van der Waals surface area contributed by atoms with Gasteiger partial charge in [0.25, 0.3) is 0 Å². The molecule has 0 aliphatic rings. The van der Waals surface area contributed by atoms with Crippen LogP contribution in [-0.4, -0.2) is 31.7 Å². The first-order chi connectivity index (χ1) is 12.1. The minimum atomic E-state index is -3.60. The van der Waals surface area contributed by atoms with Crippen LogP contribution >= 0.6 is 0 Å². The summed E-state index contributed by atoms with van der Waals surface area (Å²) in [4.78, 5) is 23.5. The second-order valence-corrected chi connectivity index (χ2v) is 8.42. The molecule has 0 fully saturated rings. The lowest BCUT2D eigenvalue weighted by Crippen LogP contribution is -2.22. The largest absolute Gasteiger partial charge is 0.478 e. The third kappa shape index (κ3) is 5.16. The summed E-state index contributed by atoms with van der Waals surface area (Å²) in [5.74, 6) is -1.95. The highest BCUT2D eigenvalue weighted by Crippen LogP contribution is 2.20. The zero-order valence-corrected chi connectivity index (χ0v) is 15.6. The Morgan fingerprint density at radius 3 is 2.27 bits per heavy atom. The summed E-state index contributed by atoms with van der Waals surface area (Å²) in [6, 6.07) is 11.4. The van der Waals surface area contributed by atoms with Crippen molar-refractivity contribution >= 4 is 27.4 Å². The van der Waals surface area contributed by atoms with E-state index in [9.17, 15) is 18.0 Å². The molecule has 0 aromatic heterocycles. The van der Waals surface area contributed by atoms with Gasteiger partial charge in [-0.2, -0.15) is 0 Å². The maximum Gasteiger partial charge on any atom is 0.335 e. The molecule has 1 unspecified atom stereocenters. The van der Waals surface area contributed by atoms with Gasteiger partial charge < -0.3 is 10.4 Å². The molecule has 2 N–H and O–H groups in total. The fourth-order valence-corrected chi connectivity index (χ4v) is 3.13. The molecule has 2 rings (SSSR count). The molecule has 7 heteroatoms. The quantitative estimate of drug-likeness (QED) is 0.808. The van der Waals surface area contributed by atoms with E-state index >= 15 is 0 Å². The fraction of sp³-hybridized carbons (Fsp3) is 0.263. The van der Waals surface area contributed by atoms with E-state index in [0.717, 1.165) is 23.4 Å². The molecular formula is C19H21NO5S. The number of nitrogens with one attached hydrogen (secondary N) is 1. The predicted octanol–water partition coefficient (Wildman–Crippen LogP) is 2.91. The standard InChI is InChI=1S/C19H21NO5S/c1-12-4-6-14(7-5-12)8-13(2)18(21)20-16-9-15(19(22)23)10-17(11-16)26(3,24)25/h4-7,9-11,13H,8H2,1-3H3,(H,20,21)(H,22,23). The van der Waals surface area contributed by atoms with E-state index in [4.69, 9.17) is 5.11 Å². The van der Waals surface area contributed by atoms with Crippen LogP contribution in [0.5, 0.6) is 0 Å². The van der Waals surface area contributed by atoms with E-state index in [0.29, 0.717) is 6.42 Å². The van der Waals surface area contributed by atoms with Crippen LogP contribution in [0.4, 0.5) is 5.69 Å². The number of hydrogen-bond acceptors (Lipinski definition) is 4. The number of carbonyl (C=O) groups is 2. The van der Waals surface area contributed by atoms with Gasteiger partial charge in [0.1, 0.15) is 0 Å². The summed E-state index contributed by atoms with van der Waals surface area (Å²) >= 11 is 0. The summed E-state index contributed by atoms with van der Waals surface area (Å²) in [5, 5.41) is 11.8. The summed E-state index contributed by atoms with van der Waals surface area (Å²) < 4.78 is 23.5. The van der Waals surface area contributed by atoms with Gasteiger partial charge in [0.05, 0.1) is 10.5 Å². The number of aromatic carboxylic acids is 1. The van der Waals surface area contributed by atoms with E-state index in [2.05, 4.69) is 5.32 Å². The van der Waals surface area contributed by atoms with Gasteiger partial charge in [0.15, 0.2) is 9.84 Å². The van der Waals surface area contributed by atoms with E-state index in [1.807, 2.05) is 31.2 Å². The van der Waals surface area contributed by atoms with Crippen molar-refractivity contribution in [3.8, 4) is 0 Å². The molecule has 0 saturated carbocycles. The lowest BCUT2D eigenvalue weighted by Gasteiger charge is -2.14. The Morgan fingerprint density at radius 2 is 1.73 bits per heavy atom. The van der Waals surface area contributed by atoms with Gasteiger partial charge in [-0.1, -0.05) is 36.8 Å². The maximum atomic E-state index is 12.4. The zero-order valence-electron chi connectivity index (χ0n) is 14.8. The van der Waals surface area contributed by atoms with Crippen LogP contribution in [-0.2, 0) is 21.1 Å². The number of benzene rings is 2. The first-order valence-corrected chi connectivity index (χ1v) is 9.90. The van der Waals surface area contributed by atoms with Crippen molar-refractivity contribution in [1.29, 1.82) is 0 Å². The number of amides is 1. The Balaban J connectivity index is 2.20. The van der Waals surface area contributed by atoms with Crippen LogP contribution in [0.25, 0.3) is 0 Å². The fourth-order valence-electron chi connectivity index (χ4n) is 2.44. The van der Waals surface area contributed by atoms with Crippen molar-refractivity contribution in [3.05, 3.63) is 59.2 Å². The smallest absolute Gasteiger partial charge is 0.335 e. The van der Waals surface area contributed by atoms with Gasteiger partial charge in [-0.25, -0.2) is 13.2 Å². The molecule has 0 heterocycles. The summed E-state index contributed by atoms with van der Waals surface area (Å²) in [7, 11) is -3.60. The molecule has 0 aliphatic heterocycles. The molecule has 1 atom stereocenters. The van der Waals surface area contributed by atoms with Crippen molar-refractivity contribution in [1.82, 2.24) is 0 Å². The molecule has 0 radical (unpaired) electrons. The molecule has 2 aromatic rings. The van der Waals surface area contributed by atoms with E-state index in [-0.39, 0.29) is 28.0 Å². The monoisotopic (exact) mass is 375 g/mol. The number of carbonyl (C=O) groups excluding carboxylic acids is 1. The molecule has 1 amide bonds. The normalized spacial score (nSPS) is 12.4. The number of hydrogen-bond donors (Lipinski definition) is 2. The third-order valence-electron chi connectivity index (χ3n) is 3.96. The second kappa shape index (κ2) is 7.70. The first-order valence-electron chi connectivity index (χ1n) is 8.01. The molecule has 138 valence electrons. The summed E-state index contributed by atoms with van der Waals surface area (Å²) in [5.41, 5.74) is 2.08. The Morgan fingerprint density at radius 1 is 1.12 bits per heavy atom. The highest BCUT2D eigenvalue weighted by atomic mass is 32.2. The lowest BCUT2D eigenvalue weighted by molar-refractivity contribution is -0.119. The van der Waals surface area contributed by atoms with Gasteiger partial charge in [0.2, 0.25) is 5.91 Å². The van der Waals surface area contributed by atoms with Crippen molar-refractivity contribution in [3.63, 3.8) is 0 Å². The number of anilines is 1. The number of carboxylic acid groups (broad SMARTS) is 1. The molecule has 0 spiro atoms. The van der Waals surface area contributed by atoms with Crippen LogP contribution in [0, 0.1) is 12.8 Å². The maximum absolute atomic E-state index is 12.4. The Hall–Kier alpha value is -2.67. The average molecular weight is 375 g/mol. The zero-order chi connectivity index (χ0) is 19.5. The number of rotatable bonds is 6. The predicted molar refractivity (Wildman–Crippen MR) is 99.2 cm³/mol. The molecule has 0 saturated heterocycles. The van der Waals surface area contributed by atoms with Crippen molar-refractivity contribution < 1.29 is 23.1 Å². The van der Waals surface area contributed by atoms with Gasteiger partial charge in [0, 0.05) is 17.9 Å². The minimum absolute atomic E-state index is 0.145. The Bertz CT molecular complexity index is 933. The molecular weight excluding hydrogens is 354 g/mol. The lowest BCUT2D eigenvalue weighted by atomic mass is 9.99. The molecule has 26 heavy (non-hydrogen) atoms. The molecule has 6 nitrogen and oxygen atoms in total. The Kier molecular flexibility index (Phi) is 5.82. The van der Waals surface area contributed by atoms with Crippen molar-refractivity contribution in [2.45, 2.75) is 25.2 Å². The molecule has 0 bridgehead atoms. The molecule has 2 aromatic carbocycles. The number of sulfone groups is 1. The van der Waals surface area contributed by atoms with Gasteiger partial charge in [-0.15, -0.1) is 0 Å². The van der Waals surface area contributed by atoms with Crippen LogP contribution in [0.1, 0.15) is 28.4 Å². The minimum Gasteiger partial charge on any atom is -0.478 e. The Labute approximate surface area is 152 Å². The SMILES string of the molecule is Cc1ccc(CC(C)C(=O)Nc2cc(C(=O)O)cc(S(C)(=O)=O)c2)cc1. The average Bonchev–Trinajstić information content (AvgIpc) is 2.55. The number of carboxylic acids is 1. The second-order valence-electron chi connectivity index (χ2n) is 6.40. The first kappa shape index (κ1) is 19.7. The van der Waals surface area contributed by atoms with Crippen LogP contribution in [0.2, 0.25) is 0 Å². The van der Waals surface area contributed by atoms with E-state index < -0.39 is 15.8 Å². The molecule has 0 aliphatic carbocycles. The van der Waals surface area contributed by atoms with Crippen LogP contribution < -0.4 is 5.32 Å². The number of aryl methyl sites for hydroxylation is 1. The van der Waals surface area contributed by atoms with Crippen LogP contribution in [0.15, 0.2) is 47.4 Å². The van der Waals surface area contributed by atoms with Gasteiger partial charge in [-0.05, 0) is 37.1 Å². The van der Waals surface area contributed by atoms with Crippen molar-refractivity contribution in [2.75, 3.05) is 11.6 Å². The van der Waals surface area contributed by atoms with Crippen LogP contribution in [0.3, 0.4) is 0 Å². The topological polar surface area (TPSA) is 101 Å². The van der Waals surface area contributed by atoms with Crippen molar-refractivity contribution in [2.24, 2.45) is 5.92 Å². The van der Waals surface area contributed by atoms with E-state index in [1.165, 1.54) is 12.1 Å². The third-order valence-corrected chi connectivity index (χ3v) is 5.05. The summed E-state index contributed by atoms with van der Waals surface area (Å²) in [6.45, 7) is 3.74.